The third-order valence-corrected chi connectivity index (χ3v) is 1.46. The first-order chi connectivity index (χ1) is 5.24. The molecule has 0 saturated heterocycles. The molecule has 0 fully saturated rings. The van der Waals surface area contributed by atoms with E-state index < -0.39 is 0 Å². The SMILES string of the molecule is [C-]#[N+]c1cccc(C(C)C)n1. The van der Waals surface area contributed by atoms with Crippen molar-refractivity contribution in [3.63, 3.8) is 0 Å². The van der Waals surface area contributed by atoms with Crippen LogP contribution in [0.3, 0.4) is 0 Å². The van der Waals surface area contributed by atoms with Crippen molar-refractivity contribution in [2.45, 2.75) is 19.8 Å². The lowest BCUT2D eigenvalue weighted by molar-refractivity contribution is 0.826. The van der Waals surface area contributed by atoms with E-state index in [0.717, 1.165) is 5.69 Å². The van der Waals surface area contributed by atoms with Crippen molar-refractivity contribution >= 4 is 5.82 Å². The Labute approximate surface area is 66.7 Å². The normalized spacial score (nSPS) is 9.64. The molecule has 0 spiro atoms. The summed E-state index contributed by atoms with van der Waals surface area (Å²) in [6.45, 7) is 10.9. The minimum atomic E-state index is 0.400. The maximum absolute atomic E-state index is 6.74. The van der Waals surface area contributed by atoms with Crippen LogP contribution in [0.1, 0.15) is 25.5 Å². The first-order valence-electron chi connectivity index (χ1n) is 3.58. The summed E-state index contributed by atoms with van der Waals surface area (Å²) in [4.78, 5) is 7.39. The van der Waals surface area contributed by atoms with Crippen LogP contribution < -0.4 is 0 Å². The van der Waals surface area contributed by atoms with Crippen LogP contribution in [0.4, 0.5) is 5.82 Å². The molecule has 0 radical (unpaired) electrons. The molecule has 0 bridgehead atoms. The summed E-state index contributed by atoms with van der Waals surface area (Å²) < 4.78 is 0. The number of nitrogens with zero attached hydrogens (tertiary/aromatic N) is 2. The second-order valence-corrected chi connectivity index (χ2v) is 2.69. The Bertz CT molecular complexity index is 284. The predicted molar refractivity (Wildman–Crippen MR) is 44.6 cm³/mol. The Balaban J connectivity index is 3.03. The Kier molecular flexibility index (Phi) is 2.22. The quantitative estimate of drug-likeness (QED) is 0.557. The van der Waals surface area contributed by atoms with Gasteiger partial charge in [-0.15, -0.1) is 4.98 Å². The van der Waals surface area contributed by atoms with Crippen molar-refractivity contribution in [2.75, 3.05) is 0 Å². The molecule has 1 aromatic heterocycles. The average Bonchev–Trinajstić information content (AvgIpc) is 2.05. The molecule has 0 unspecified atom stereocenters. The third-order valence-electron chi connectivity index (χ3n) is 1.46. The van der Waals surface area contributed by atoms with Gasteiger partial charge in [-0.1, -0.05) is 26.5 Å². The van der Waals surface area contributed by atoms with Crippen molar-refractivity contribution in [1.82, 2.24) is 4.98 Å². The molecule has 2 heteroatoms. The minimum Gasteiger partial charge on any atom is -0.361 e. The lowest BCUT2D eigenvalue weighted by atomic mass is 10.1. The van der Waals surface area contributed by atoms with Gasteiger partial charge >= 0.3 is 0 Å². The van der Waals surface area contributed by atoms with Crippen LogP contribution in [0.25, 0.3) is 4.85 Å². The fourth-order valence-corrected chi connectivity index (χ4v) is 0.823. The molecule has 0 aliphatic rings. The van der Waals surface area contributed by atoms with E-state index in [-0.39, 0.29) is 0 Å². The molecular weight excluding hydrogens is 136 g/mol. The number of hydrogen-bond donors (Lipinski definition) is 0. The molecule has 56 valence electrons. The average molecular weight is 146 g/mol. The Hall–Kier alpha value is -1.36. The van der Waals surface area contributed by atoms with E-state index in [1.54, 1.807) is 6.07 Å². The van der Waals surface area contributed by atoms with Crippen molar-refractivity contribution < 1.29 is 0 Å². The number of aromatic nitrogens is 1. The van der Waals surface area contributed by atoms with Crippen LogP contribution >= 0.6 is 0 Å². The zero-order valence-electron chi connectivity index (χ0n) is 6.70. The molecule has 0 atom stereocenters. The first-order valence-corrected chi connectivity index (χ1v) is 3.58. The highest BCUT2D eigenvalue weighted by molar-refractivity contribution is 5.36. The van der Waals surface area contributed by atoms with E-state index in [4.69, 9.17) is 6.57 Å². The molecule has 0 saturated carbocycles. The molecule has 2 nitrogen and oxygen atoms in total. The van der Waals surface area contributed by atoms with Crippen LogP contribution in [-0.4, -0.2) is 4.98 Å². The van der Waals surface area contributed by atoms with Gasteiger partial charge in [-0.05, 0) is 12.1 Å². The summed E-state index contributed by atoms with van der Waals surface area (Å²) in [6.07, 6.45) is 0. The number of hydrogen-bond acceptors (Lipinski definition) is 1. The zero-order valence-corrected chi connectivity index (χ0v) is 6.70. The Morgan fingerprint density at radius 2 is 2.18 bits per heavy atom. The monoisotopic (exact) mass is 146 g/mol. The molecule has 0 N–H and O–H groups in total. The van der Waals surface area contributed by atoms with Gasteiger partial charge in [0.2, 0.25) is 0 Å². The topological polar surface area (TPSA) is 17.2 Å². The van der Waals surface area contributed by atoms with Crippen molar-refractivity contribution in [1.29, 1.82) is 0 Å². The largest absolute Gasteiger partial charge is 0.361 e. The highest BCUT2D eigenvalue weighted by Crippen LogP contribution is 2.15. The van der Waals surface area contributed by atoms with Crippen LogP contribution in [0, 0.1) is 6.57 Å². The van der Waals surface area contributed by atoms with E-state index in [0.29, 0.717) is 11.7 Å². The standard InChI is InChI=1S/C9H10N2/c1-7(2)8-5-4-6-9(10-3)11-8/h4-7H,1-2H3. The molecule has 0 aromatic carbocycles. The third kappa shape index (κ3) is 1.78. The van der Waals surface area contributed by atoms with Gasteiger partial charge < -0.3 is 4.85 Å². The maximum atomic E-state index is 6.74. The van der Waals surface area contributed by atoms with Crippen molar-refractivity contribution in [2.24, 2.45) is 0 Å². The number of rotatable bonds is 1. The fourth-order valence-electron chi connectivity index (χ4n) is 0.823. The molecule has 0 amide bonds. The summed E-state index contributed by atoms with van der Waals surface area (Å²) in [5, 5.41) is 0. The van der Waals surface area contributed by atoms with Crippen LogP contribution in [0.5, 0.6) is 0 Å². The predicted octanol–water partition coefficient (Wildman–Crippen LogP) is 2.76. The van der Waals surface area contributed by atoms with Gasteiger partial charge in [0, 0.05) is 5.92 Å². The lowest BCUT2D eigenvalue weighted by Gasteiger charge is -1.98. The molecule has 11 heavy (non-hydrogen) atoms. The van der Waals surface area contributed by atoms with E-state index in [9.17, 15) is 0 Å². The second kappa shape index (κ2) is 3.16. The highest BCUT2D eigenvalue weighted by atomic mass is 14.9. The fraction of sp³-hybridized carbons (Fsp3) is 0.333. The van der Waals surface area contributed by atoms with E-state index in [1.165, 1.54) is 0 Å². The summed E-state index contributed by atoms with van der Waals surface area (Å²) >= 11 is 0. The summed E-state index contributed by atoms with van der Waals surface area (Å²) in [5.41, 5.74) is 0.985. The summed E-state index contributed by atoms with van der Waals surface area (Å²) in [6, 6.07) is 5.54. The van der Waals surface area contributed by atoms with Gasteiger partial charge in [0.15, 0.2) is 0 Å². The lowest BCUT2D eigenvalue weighted by Crippen LogP contribution is -1.89. The van der Waals surface area contributed by atoms with Crippen LogP contribution in [0.15, 0.2) is 18.2 Å². The smallest absolute Gasteiger partial charge is 0.269 e. The van der Waals surface area contributed by atoms with Gasteiger partial charge in [0.1, 0.15) is 5.69 Å². The number of pyridine rings is 1. The summed E-state index contributed by atoms with van der Waals surface area (Å²) in [7, 11) is 0. The summed E-state index contributed by atoms with van der Waals surface area (Å²) in [5.74, 6) is 0.882. The van der Waals surface area contributed by atoms with Gasteiger partial charge in [-0.3, -0.25) is 0 Å². The Morgan fingerprint density at radius 3 is 2.73 bits per heavy atom. The second-order valence-electron chi connectivity index (χ2n) is 2.69. The van der Waals surface area contributed by atoms with E-state index >= 15 is 0 Å². The zero-order chi connectivity index (χ0) is 8.27. The van der Waals surface area contributed by atoms with E-state index in [2.05, 4.69) is 23.7 Å². The van der Waals surface area contributed by atoms with Crippen molar-refractivity contribution in [3.05, 3.63) is 35.3 Å². The Morgan fingerprint density at radius 1 is 1.45 bits per heavy atom. The highest BCUT2D eigenvalue weighted by Gasteiger charge is 2.04. The van der Waals surface area contributed by atoms with Gasteiger partial charge in [-0.25, -0.2) is 0 Å². The van der Waals surface area contributed by atoms with E-state index in [1.807, 2.05) is 12.1 Å². The maximum Gasteiger partial charge on any atom is 0.269 e. The molecule has 1 rings (SSSR count). The van der Waals surface area contributed by atoms with Crippen molar-refractivity contribution in [3.8, 4) is 0 Å². The molecular formula is C9H10N2. The first kappa shape index (κ1) is 7.74. The minimum absolute atomic E-state index is 0.400. The van der Waals surface area contributed by atoms with Crippen LogP contribution in [-0.2, 0) is 0 Å². The molecule has 1 aromatic rings. The molecule has 0 aliphatic heterocycles. The van der Waals surface area contributed by atoms with Gasteiger partial charge in [0.25, 0.3) is 5.82 Å². The molecule has 0 aliphatic carbocycles. The molecule has 1 heterocycles. The van der Waals surface area contributed by atoms with Crippen LogP contribution in [0.2, 0.25) is 0 Å². The van der Waals surface area contributed by atoms with Gasteiger partial charge in [0.05, 0.1) is 0 Å². The van der Waals surface area contributed by atoms with Gasteiger partial charge in [-0.2, -0.15) is 0 Å².